The summed E-state index contributed by atoms with van der Waals surface area (Å²) in [6.07, 6.45) is 1.01. The van der Waals surface area contributed by atoms with Crippen LogP contribution in [0.2, 0.25) is 0 Å². The SMILES string of the molecule is COc1ccc(CNC(=O)C[C@@H]2CC[C@H]3[C@H](COc4ccc(NC(C)=O)cc4C(=O)N3C)O2)cc1. The molecule has 2 N–H and O–H groups in total. The topological polar surface area (TPSA) is 106 Å². The van der Waals surface area contributed by atoms with Gasteiger partial charge in [-0.1, -0.05) is 12.1 Å². The van der Waals surface area contributed by atoms with Gasteiger partial charge in [0.05, 0.1) is 31.2 Å². The van der Waals surface area contributed by atoms with Gasteiger partial charge in [-0.3, -0.25) is 14.4 Å². The molecule has 0 unspecified atom stereocenters. The number of methoxy groups -OCH3 is 1. The lowest BCUT2D eigenvalue weighted by Gasteiger charge is -2.42. The lowest BCUT2D eigenvalue weighted by Crippen LogP contribution is -2.53. The van der Waals surface area contributed by atoms with Crippen LogP contribution in [0.15, 0.2) is 42.5 Å². The van der Waals surface area contributed by atoms with E-state index >= 15 is 0 Å². The quantitative estimate of drug-likeness (QED) is 0.657. The minimum absolute atomic E-state index is 0.0868. The molecule has 1 fully saturated rings. The highest BCUT2D eigenvalue weighted by Crippen LogP contribution is 2.32. The van der Waals surface area contributed by atoms with Crippen LogP contribution >= 0.6 is 0 Å². The number of hydrogen-bond donors (Lipinski definition) is 2. The zero-order valence-electron chi connectivity index (χ0n) is 20.2. The number of carbonyl (C=O) groups excluding carboxylic acids is 3. The van der Waals surface area contributed by atoms with Crippen molar-refractivity contribution in [2.24, 2.45) is 0 Å². The summed E-state index contributed by atoms with van der Waals surface area (Å²) in [5.41, 5.74) is 1.93. The number of hydrogen-bond acceptors (Lipinski definition) is 6. The smallest absolute Gasteiger partial charge is 0.257 e. The van der Waals surface area contributed by atoms with E-state index in [2.05, 4.69) is 10.6 Å². The molecule has 186 valence electrons. The highest BCUT2D eigenvalue weighted by molar-refractivity contribution is 5.99. The van der Waals surface area contributed by atoms with E-state index in [0.29, 0.717) is 36.4 Å². The number of nitrogens with one attached hydrogen (secondary N) is 2. The Labute approximate surface area is 204 Å². The standard InChI is InChI=1S/C26H31N3O6/c1-16(30)28-18-6-11-23-21(12-18)26(32)29(2)22-10-9-20(35-24(22)15-34-23)13-25(31)27-14-17-4-7-19(33-3)8-5-17/h4-8,11-12,20,22,24H,9-10,13-15H2,1-3H3,(H,27,31)(H,28,30)/t20-,22-,24-/m0/s1. The molecule has 0 saturated carbocycles. The number of benzene rings is 2. The largest absolute Gasteiger partial charge is 0.497 e. The maximum Gasteiger partial charge on any atom is 0.257 e. The summed E-state index contributed by atoms with van der Waals surface area (Å²) >= 11 is 0. The van der Waals surface area contributed by atoms with E-state index in [1.165, 1.54) is 6.92 Å². The monoisotopic (exact) mass is 481 g/mol. The Hall–Kier alpha value is -3.59. The van der Waals surface area contributed by atoms with Gasteiger partial charge in [-0.2, -0.15) is 0 Å². The van der Waals surface area contributed by atoms with Gasteiger partial charge in [0.1, 0.15) is 24.2 Å². The van der Waals surface area contributed by atoms with E-state index < -0.39 is 0 Å². The first-order valence-corrected chi connectivity index (χ1v) is 11.7. The van der Waals surface area contributed by atoms with Crippen LogP contribution < -0.4 is 20.1 Å². The van der Waals surface area contributed by atoms with Crippen LogP contribution in [0.25, 0.3) is 0 Å². The van der Waals surface area contributed by atoms with Crippen molar-refractivity contribution in [3.63, 3.8) is 0 Å². The Morgan fingerprint density at radius 1 is 1.14 bits per heavy atom. The molecule has 1 saturated heterocycles. The molecule has 9 heteroatoms. The van der Waals surface area contributed by atoms with E-state index in [-0.39, 0.29) is 49.0 Å². The molecule has 3 atom stereocenters. The first-order chi connectivity index (χ1) is 16.8. The van der Waals surface area contributed by atoms with Gasteiger partial charge in [0, 0.05) is 26.2 Å². The molecule has 4 rings (SSSR count). The third-order valence-electron chi connectivity index (χ3n) is 6.39. The van der Waals surface area contributed by atoms with E-state index in [1.807, 2.05) is 24.3 Å². The van der Waals surface area contributed by atoms with Crippen LogP contribution in [-0.4, -0.2) is 61.6 Å². The average molecular weight is 482 g/mol. The van der Waals surface area contributed by atoms with Gasteiger partial charge in [-0.25, -0.2) is 0 Å². The molecule has 0 radical (unpaired) electrons. The molecule has 0 aliphatic carbocycles. The highest BCUT2D eigenvalue weighted by Gasteiger charge is 2.39. The van der Waals surface area contributed by atoms with Crippen molar-refractivity contribution in [1.29, 1.82) is 0 Å². The summed E-state index contributed by atoms with van der Waals surface area (Å²) in [5, 5.41) is 5.64. The minimum atomic E-state index is -0.347. The number of rotatable bonds is 6. The lowest BCUT2D eigenvalue weighted by molar-refractivity contribution is -0.134. The molecule has 0 spiro atoms. The molecule has 2 aromatic carbocycles. The highest BCUT2D eigenvalue weighted by atomic mass is 16.5. The van der Waals surface area contributed by atoms with Crippen LogP contribution in [-0.2, 0) is 20.9 Å². The van der Waals surface area contributed by atoms with Gasteiger partial charge in [-0.15, -0.1) is 0 Å². The van der Waals surface area contributed by atoms with E-state index in [0.717, 1.165) is 11.3 Å². The molecule has 35 heavy (non-hydrogen) atoms. The Morgan fingerprint density at radius 3 is 2.63 bits per heavy atom. The normalized spacial score (nSPS) is 21.5. The summed E-state index contributed by atoms with van der Waals surface area (Å²) in [4.78, 5) is 38.8. The maximum absolute atomic E-state index is 13.2. The minimum Gasteiger partial charge on any atom is -0.497 e. The van der Waals surface area contributed by atoms with Gasteiger partial charge < -0.3 is 29.7 Å². The Balaban J connectivity index is 1.36. The summed E-state index contributed by atoms with van der Waals surface area (Å²) in [6.45, 7) is 2.11. The van der Waals surface area contributed by atoms with Crippen LogP contribution in [0.3, 0.4) is 0 Å². The number of nitrogens with zero attached hydrogens (tertiary/aromatic N) is 1. The first kappa shape index (κ1) is 24.5. The average Bonchev–Trinajstić information content (AvgIpc) is 2.85. The summed E-state index contributed by atoms with van der Waals surface area (Å²) < 4.78 is 17.3. The van der Waals surface area contributed by atoms with Gasteiger partial charge in [0.25, 0.3) is 5.91 Å². The molecule has 9 nitrogen and oxygen atoms in total. The zero-order valence-corrected chi connectivity index (χ0v) is 20.2. The van der Waals surface area contributed by atoms with Gasteiger partial charge in [0.2, 0.25) is 11.8 Å². The molecular formula is C26H31N3O6. The van der Waals surface area contributed by atoms with Gasteiger partial charge in [-0.05, 0) is 48.7 Å². The number of anilines is 1. The number of fused-ring (bicyclic) bond motifs is 2. The molecule has 0 bridgehead atoms. The fourth-order valence-corrected chi connectivity index (χ4v) is 4.53. The predicted molar refractivity (Wildman–Crippen MR) is 129 cm³/mol. The summed E-state index contributed by atoms with van der Waals surface area (Å²) in [5.74, 6) is 0.720. The van der Waals surface area contributed by atoms with E-state index in [9.17, 15) is 14.4 Å². The molecule has 2 aliphatic rings. The molecule has 2 aliphatic heterocycles. The van der Waals surface area contributed by atoms with Crippen LogP contribution in [0.5, 0.6) is 11.5 Å². The second kappa shape index (κ2) is 10.8. The number of likely N-dealkylation sites (N-methyl/N-ethyl adjacent to an activating group) is 1. The van der Waals surface area contributed by atoms with Crippen molar-refractivity contribution in [1.82, 2.24) is 10.2 Å². The van der Waals surface area contributed by atoms with E-state index in [4.69, 9.17) is 14.2 Å². The van der Waals surface area contributed by atoms with Crippen LogP contribution in [0.4, 0.5) is 5.69 Å². The van der Waals surface area contributed by atoms with Gasteiger partial charge in [0.15, 0.2) is 0 Å². The number of amides is 3. The van der Waals surface area contributed by atoms with Crippen molar-refractivity contribution < 1.29 is 28.6 Å². The maximum atomic E-state index is 13.2. The van der Waals surface area contributed by atoms with Crippen LogP contribution in [0, 0.1) is 0 Å². The summed E-state index contributed by atoms with van der Waals surface area (Å²) in [7, 11) is 3.37. The number of carbonyl (C=O) groups is 3. The first-order valence-electron chi connectivity index (χ1n) is 11.7. The van der Waals surface area contributed by atoms with Crippen molar-refractivity contribution in [3.8, 4) is 11.5 Å². The fourth-order valence-electron chi connectivity index (χ4n) is 4.53. The van der Waals surface area contributed by atoms with Crippen molar-refractivity contribution in [2.45, 2.75) is 51.0 Å². The van der Waals surface area contributed by atoms with Crippen LogP contribution in [0.1, 0.15) is 42.1 Å². The molecule has 2 aromatic rings. The molecular weight excluding hydrogens is 450 g/mol. The van der Waals surface area contributed by atoms with Crippen molar-refractivity contribution >= 4 is 23.4 Å². The van der Waals surface area contributed by atoms with E-state index in [1.54, 1.807) is 37.3 Å². The second-order valence-electron chi connectivity index (χ2n) is 8.89. The number of ether oxygens (including phenoxy) is 3. The van der Waals surface area contributed by atoms with Gasteiger partial charge >= 0.3 is 0 Å². The third kappa shape index (κ3) is 5.92. The molecule has 0 aromatic heterocycles. The van der Waals surface area contributed by atoms with Crippen molar-refractivity contribution in [2.75, 3.05) is 26.1 Å². The zero-order chi connectivity index (χ0) is 24.9. The summed E-state index contributed by atoms with van der Waals surface area (Å²) in [6, 6.07) is 12.4. The fraction of sp³-hybridized carbons (Fsp3) is 0.423. The second-order valence-corrected chi connectivity index (χ2v) is 8.89. The third-order valence-corrected chi connectivity index (χ3v) is 6.39. The van der Waals surface area contributed by atoms with Crippen molar-refractivity contribution in [3.05, 3.63) is 53.6 Å². The molecule has 2 heterocycles. The Kier molecular flexibility index (Phi) is 7.55. The lowest BCUT2D eigenvalue weighted by atomic mass is 9.94. The Morgan fingerprint density at radius 2 is 1.91 bits per heavy atom. The molecule has 3 amide bonds. The predicted octanol–water partition coefficient (Wildman–Crippen LogP) is 2.74. The Bertz CT molecular complexity index is 1090.